The monoisotopic (exact) mass is 200 g/mol. The second-order valence-electron chi connectivity index (χ2n) is 4.71. The smallest absolute Gasteiger partial charge is 0.0558 e. The minimum atomic E-state index is 0.298. The summed E-state index contributed by atoms with van der Waals surface area (Å²) >= 11 is 0. The fourth-order valence-electron chi connectivity index (χ4n) is 2.02. The molecule has 14 heavy (non-hydrogen) atoms. The first-order valence-corrected chi connectivity index (χ1v) is 5.67. The standard InChI is InChI=1S/C11H24N2O/c1-10(2)12(3)8-11-4-5-13(9-11)6-7-14/h10-11,14H,4-9H2,1-3H3/t11-/m0/s1. The van der Waals surface area contributed by atoms with Gasteiger partial charge in [-0.2, -0.15) is 0 Å². The highest BCUT2D eigenvalue weighted by atomic mass is 16.3. The number of nitrogens with zero attached hydrogens (tertiary/aromatic N) is 2. The van der Waals surface area contributed by atoms with Gasteiger partial charge in [0.25, 0.3) is 0 Å². The topological polar surface area (TPSA) is 26.7 Å². The maximum Gasteiger partial charge on any atom is 0.0558 e. The highest BCUT2D eigenvalue weighted by molar-refractivity contribution is 4.78. The number of hydrogen-bond donors (Lipinski definition) is 1. The molecule has 1 fully saturated rings. The van der Waals surface area contributed by atoms with E-state index in [1.165, 1.54) is 13.0 Å². The Hall–Kier alpha value is -0.120. The van der Waals surface area contributed by atoms with E-state index in [-0.39, 0.29) is 0 Å². The molecular weight excluding hydrogens is 176 g/mol. The van der Waals surface area contributed by atoms with Crippen LogP contribution in [-0.2, 0) is 0 Å². The van der Waals surface area contributed by atoms with Gasteiger partial charge in [0.05, 0.1) is 6.61 Å². The Morgan fingerprint density at radius 2 is 2.21 bits per heavy atom. The van der Waals surface area contributed by atoms with Crippen LogP contribution in [0.4, 0.5) is 0 Å². The van der Waals surface area contributed by atoms with E-state index in [4.69, 9.17) is 5.11 Å². The van der Waals surface area contributed by atoms with Crippen molar-refractivity contribution < 1.29 is 5.11 Å². The Labute approximate surface area is 87.7 Å². The van der Waals surface area contributed by atoms with Crippen molar-refractivity contribution >= 4 is 0 Å². The number of hydrogen-bond acceptors (Lipinski definition) is 3. The van der Waals surface area contributed by atoms with Gasteiger partial charge in [0, 0.05) is 25.7 Å². The molecule has 0 aliphatic carbocycles. The van der Waals surface area contributed by atoms with Crippen LogP contribution in [0, 0.1) is 5.92 Å². The highest BCUT2D eigenvalue weighted by Crippen LogP contribution is 2.17. The van der Waals surface area contributed by atoms with E-state index in [9.17, 15) is 0 Å². The minimum absolute atomic E-state index is 0.298. The summed E-state index contributed by atoms with van der Waals surface area (Å²) in [5.41, 5.74) is 0. The van der Waals surface area contributed by atoms with Gasteiger partial charge in [0.2, 0.25) is 0 Å². The third kappa shape index (κ3) is 3.56. The number of aliphatic hydroxyl groups excluding tert-OH is 1. The molecule has 3 nitrogen and oxygen atoms in total. The minimum Gasteiger partial charge on any atom is -0.395 e. The van der Waals surface area contributed by atoms with Crippen molar-refractivity contribution in [1.82, 2.24) is 9.80 Å². The van der Waals surface area contributed by atoms with Crippen LogP contribution < -0.4 is 0 Å². The lowest BCUT2D eigenvalue weighted by Gasteiger charge is -2.24. The van der Waals surface area contributed by atoms with Crippen molar-refractivity contribution in [3.05, 3.63) is 0 Å². The zero-order valence-corrected chi connectivity index (χ0v) is 9.74. The van der Waals surface area contributed by atoms with Crippen LogP contribution in [0.15, 0.2) is 0 Å². The Morgan fingerprint density at radius 1 is 1.50 bits per heavy atom. The molecule has 0 aromatic heterocycles. The first-order chi connectivity index (χ1) is 6.63. The summed E-state index contributed by atoms with van der Waals surface area (Å²) in [7, 11) is 2.19. The molecule has 3 heteroatoms. The lowest BCUT2D eigenvalue weighted by atomic mass is 10.1. The molecule has 0 bridgehead atoms. The van der Waals surface area contributed by atoms with Crippen molar-refractivity contribution in [1.29, 1.82) is 0 Å². The highest BCUT2D eigenvalue weighted by Gasteiger charge is 2.23. The van der Waals surface area contributed by atoms with Gasteiger partial charge >= 0.3 is 0 Å². The van der Waals surface area contributed by atoms with Gasteiger partial charge in [-0.25, -0.2) is 0 Å². The zero-order chi connectivity index (χ0) is 10.6. The van der Waals surface area contributed by atoms with Crippen molar-refractivity contribution in [2.24, 2.45) is 5.92 Å². The van der Waals surface area contributed by atoms with E-state index in [2.05, 4.69) is 30.7 Å². The van der Waals surface area contributed by atoms with E-state index in [0.29, 0.717) is 12.6 Å². The number of likely N-dealkylation sites (tertiary alicyclic amines) is 1. The fourth-order valence-corrected chi connectivity index (χ4v) is 2.02. The predicted octanol–water partition coefficient (Wildman–Crippen LogP) is 0.641. The second-order valence-corrected chi connectivity index (χ2v) is 4.71. The molecule has 0 aromatic carbocycles. The summed E-state index contributed by atoms with van der Waals surface area (Å²) in [6.45, 7) is 9.14. The van der Waals surface area contributed by atoms with E-state index < -0.39 is 0 Å². The molecule has 1 atom stereocenters. The van der Waals surface area contributed by atoms with Gasteiger partial charge in [-0.3, -0.25) is 0 Å². The van der Waals surface area contributed by atoms with Gasteiger partial charge in [0.15, 0.2) is 0 Å². The van der Waals surface area contributed by atoms with E-state index >= 15 is 0 Å². The van der Waals surface area contributed by atoms with Crippen LogP contribution in [0.5, 0.6) is 0 Å². The van der Waals surface area contributed by atoms with Crippen LogP contribution >= 0.6 is 0 Å². The maximum absolute atomic E-state index is 8.83. The van der Waals surface area contributed by atoms with Crippen molar-refractivity contribution in [2.75, 3.05) is 39.8 Å². The van der Waals surface area contributed by atoms with Gasteiger partial charge in [-0.05, 0) is 39.8 Å². The average Bonchev–Trinajstić information content (AvgIpc) is 2.53. The van der Waals surface area contributed by atoms with Crippen LogP contribution in [-0.4, -0.2) is 60.8 Å². The van der Waals surface area contributed by atoms with Crippen LogP contribution in [0.25, 0.3) is 0 Å². The predicted molar refractivity (Wildman–Crippen MR) is 59.4 cm³/mol. The Bertz CT molecular complexity index is 161. The third-order valence-electron chi connectivity index (χ3n) is 3.21. The Balaban J connectivity index is 2.21. The molecule has 0 unspecified atom stereocenters. The molecule has 1 rings (SSSR count). The van der Waals surface area contributed by atoms with Gasteiger partial charge < -0.3 is 14.9 Å². The quantitative estimate of drug-likeness (QED) is 0.705. The molecule has 1 N–H and O–H groups in total. The normalized spacial score (nSPS) is 24.0. The van der Waals surface area contributed by atoms with Gasteiger partial charge in [-0.15, -0.1) is 0 Å². The molecule has 84 valence electrons. The SMILES string of the molecule is CC(C)N(C)C[C@@H]1CCN(CCO)C1. The molecule has 1 aliphatic heterocycles. The summed E-state index contributed by atoms with van der Waals surface area (Å²) < 4.78 is 0. The molecule has 1 heterocycles. The molecule has 0 aromatic rings. The first-order valence-electron chi connectivity index (χ1n) is 5.67. The van der Waals surface area contributed by atoms with Crippen LogP contribution in [0.3, 0.4) is 0 Å². The number of aliphatic hydroxyl groups is 1. The Kier molecular flexibility index (Phi) is 4.85. The summed E-state index contributed by atoms with van der Waals surface area (Å²) in [6, 6.07) is 0.641. The molecular formula is C11H24N2O. The van der Waals surface area contributed by atoms with E-state index in [0.717, 1.165) is 25.6 Å². The molecule has 0 amide bonds. The number of rotatable bonds is 5. The molecule has 0 spiro atoms. The summed E-state index contributed by atoms with van der Waals surface area (Å²) in [4.78, 5) is 4.77. The van der Waals surface area contributed by atoms with Crippen molar-refractivity contribution in [3.8, 4) is 0 Å². The van der Waals surface area contributed by atoms with E-state index in [1.807, 2.05) is 0 Å². The Morgan fingerprint density at radius 3 is 2.79 bits per heavy atom. The number of β-amino-alcohol motifs (C(OH)–C–C–N with tert-alkyl or cyclic N) is 1. The third-order valence-corrected chi connectivity index (χ3v) is 3.21. The van der Waals surface area contributed by atoms with Gasteiger partial charge in [0.1, 0.15) is 0 Å². The molecule has 1 aliphatic rings. The first kappa shape index (κ1) is 12.0. The summed E-state index contributed by atoms with van der Waals surface area (Å²) in [5, 5.41) is 8.83. The molecule has 0 saturated carbocycles. The van der Waals surface area contributed by atoms with E-state index in [1.54, 1.807) is 0 Å². The summed E-state index contributed by atoms with van der Waals surface area (Å²) in [5.74, 6) is 0.800. The lowest BCUT2D eigenvalue weighted by Crippen LogP contribution is -2.33. The molecule has 0 radical (unpaired) electrons. The van der Waals surface area contributed by atoms with Crippen LogP contribution in [0.1, 0.15) is 20.3 Å². The van der Waals surface area contributed by atoms with Crippen molar-refractivity contribution in [3.63, 3.8) is 0 Å². The fraction of sp³-hybridized carbons (Fsp3) is 1.00. The maximum atomic E-state index is 8.83. The lowest BCUT2D eigenvalue weighted by molar-refractivity contribution is 0.201. The average molecular weight is 200 g/mol. The van der Waals surface area contributed by atoms with Crippen molar-refractivity contribution in [2.45, 2.75) is 26.3 Å². The summed E-state index contributed by atoms with van der Waals surface area (Å²) in [6.07, 6.45) is 1.29. The molecule has 1 saturated heterocycles. The second kappa shape index (κ2) is 5.69. The van der Waals surface area contributed by atoms with Crippen LogP contribution in [0.2, 0.25) is 0 Å². The largest absolute Gasteiger partial charge is 0.395 e. The zero-order valence-electron chi connectivity index (χ0n) is 9.74. The van der Waals surface area contributed by atoms with Gasteiger partial charge in [-0.1, -0.05) is 0 Å².